The summed E-state index contributed by atoms with van der Waals surface area (Å²) >= 11 is 0. The normalized spacial score (nSPS) is 18.4. The molecule has 0 atom stereocenters. The van der Waals surface area contributed by atoms with Crippen LogP contribution in [0.25, 0.3) is 10.8 Å². The molecule has 2 saturated heterocycles. The Kier molecular flexibility index (Phi) is 5.71. The van der Waals surface area contributed by atoms with Gasteiger partial charge in [-0.3, -0.25) is 9.59 Å². The van der Waals surface area contributed by atoms with Crippen molar-refractivity contribution in [2.24, 2.45) is 0 Å². The minimum absolute atomic E-state index is 0.118. The van der Waals surface area contributed by atoms with Gasteiger partial charge < -0.3 is 20.1 Å². The van der Waals surface area contributed by atoms with Gasteiger partial charge >= 0.3 is 0 Å². The van der Waals surface area contributed by atoms with E-state index in [-0.39, 0.29) is 31.0 Å². The molecule has 4 heterocycles. The van der Waals surface area contributed by atoms with Crippen molar-refractivity contribution in [1.82, 2.24) is 14.9 Å². The summed E-state index contributed by atoms with van der Waals surface area (Å²) in [7, 11) is 0. The van der Waals surface area contributed by atoms with Crippen molar-refractivity contribution in [3.8, 4) is 0 Å². The molecule has 0 bridgehead atoms. The molecule has 2 aliphatic rings. The quantitative estimate of drug-likeness (QED) is 0.600. The molecular weight excluding hydrogens is 440 g/mol. The van der Waals surface area contributed by atoms with Crippen LogP contribution in [0.1, 0.15) is 37.7 Å². The molecule has 9 heteroatoms. The molecule has 34 heavy (non-hydrogen) atoms. The number of anilines is 3. The first-order valence-corrected chi connectivity index (χ1v) is 11.6. The van der Waals surface area contributed by atoms with Gasteiger partial charge in [-0.1, -0.05) is 12.1 Å². The number of carbonyl (C=O) groups is 1. The second kappa shape index (κ2) is 8.70. The van der Waals surface area contributed by atoms with Gasteiger partial charge in [-0.15, -0.1) is 0 Å². The van der Waals surface area contributed by atoms with Crippen LogP contribution in [0.3, 0.4) is 0 Å². The Balaban J connectivity index is 1.40. The van der Waals surface area contributed by atoms with Gasteiger partial charge in [0.1, 0.15) is 11.6 Å². The van der Waals surface area contributed by atoms with E-state index in [0.717, 1.165) is 31.6 Å². The topological polar surface area (TPSA) is 81.3 Å². The number of amides is 1. The van der Waals surface area contributed by atoms with E-state index in [1.807, 2.05) is 29.2 Å². The summed E-state index contributed by atoms with van der Waals surface area (Å²) in [5.74, 6) is -1.47. The van der Waals surface area contributed by atoms with Crippen molar-refractivity contribution in [3.05, 3.63) is 58.5 Å². The van der Waals surface area contributed by atoms with E-state index in [9.17, 15) is 18.4 Å². The lowest BCUT2D eigenvalue weighted by atomic mass is 9.89. The van der Waals surface area contributed by atoms with Crippen LogP contribution in [0.15, 0.2) is 47.4 Å². The second-order valence-electron chi connectivity index (χ2n) is 9.15. The second-order valence-corrected chi connectivity index (χ2v) is 9.15. The summed E-state index contributed by atoms with van der Waals surface area (Å²) in [6.07, 6.45) is 3.19. The number of likely N-dealkylation sites (tertiary alicyclic amines) is 1. The molecule has 3 aromatic rings. The zero-order chi connectivity index (χ0) is 23.9. The Morgan fingerprint density at radius 3 is 2.53 bits per heavy atom. The molecule has 1 amide bonds. The number of carbonyl (C=O) groups excluding carboxylic acids is 1. The maximum Gasteiger partial charge on any atom is 0.266 e. The highest BCUT2D eigenvalue weighted by Crippen LogP contribution is 2.34. The Bertz CT molecular complexity index is 1270. The zero-order valence-electron chi connectivity index (χ0n) is 19.0. The molecule has 0 aliphatic carbocycles. The van der Waals surface area contributed by atoms with E-state index in [1.165, 1.54) is 5.56 Å². The number of fused-ring (bicyclic) bond motifs is 1. The number of nitrogens with one attached hydrogen (secondary N) is 2. The number of rotatable bonds is 4. The fraction of sp³-hybridized carbons (Fsp3) is 0.400. The summed E-state index contributed by atoms with van der Waals surface area (Å²) in [6.45, 7) is 2.96. The fourth-order valence-corrected chi connectivity index (χ4v) is 4.89. The number of aromatic amines is 1. The third-order valence-electron chi connectivity index (χ3n) is 6.82. The van der Waals surface area contributed by atoms with Gasteiger partial charge in [-0.05, 0) is 54.0 Å². The molecule has 0 unspecified atom stereocenters. The highest BCUT2D eigenvalue weighted by molar-refractivity contribution is 5.94. The monoisotopic (exact) mass is 467 g/mol. The van der Waals surface area contributed by atoms with Crippen LogP contribution in [0.5, 0.6) is 0 Å². The lowest BCUT2D eigenvalue weighted by Crippen LogP contribution is -2.36. The number of H-pyrrole nitrogens is 1. The summed E-state index contributed by atoms with van der Waals surface area (Å²) < 4.78 is 27.6. The highest BCUT2D eigenvalue weighted by atomic mass is 19.3. The van der Waals surface area contributed by atoms with Gasteiger partial charge in [0.05, 0.1) is 11.9 Å². The molecule has 7 nitrogen and oxygen atoms in total. The van der Waals surface area contributed by atoms with Crippen LogP contribution >= 0.6 is 0 Å². The van der Waals surface area contributed by atoms with Crippen LogP contribution < -0.4 is 15.8 Å². The number of hydrogen-bond donors (Lipinski definition) is 2. The molecule has 0 spiro atoms. The first-order valence-electron chi connectivity index (χ1n) is 11.6. The average Bonchev–Trinajstić information content (AvgIpc) is 3.19. The maximum atomic E-state index is 13.8. The van der Waals surface area contributed by atoms with E-state index < -0.39 is 5.92 Å². The van der Waals surface area contributed by atoms with E-state index in [1.54, 1.807) is 30.2 Å². The lowest BCUT2D eigenvalue weighted by Gasteiger charge is -2.31. The number of aromatic nitrogens is 2. The van der Waals surface area contributed by atoms with Gasteiger partial charge in [0.2, 0.25) is 5.91 Å². The van der Waals surface area contributed by atoms with Crippen molar-refractivity contribution in [2.45, 2.75) is 38.0 Å². The van der Waals surface area contributed by atoms with Crippen LogP contribution in [0, 0.1) is 0 Å². The third-order valence-corrected chi connectivity index (χ3v) is 6.82. The molecule has 2 fully saturated rings. The van der Waals surface area contributed by atoms with E-state index >= 15 is 0 Å². The van der Waals surface area contributed by atoms with E-state index in [2.05, 4.69) is 15.3 Å². The smallest absolute Gasteiger partial charge is 0.266 e. The molecular formula is C25H27F2N5O2. The largest absolute Gasteiger partial charge is 0.350 e. The van der Waals surface area contributed by atoms with Crippen molar-refractivity contribution >= 4 is 34.0 Å². The fourth-order valence-electron chi connectivity index (χ4n) is 4.89. The van der Waals surface area contributed by atoms with Gasteiger partial charge in [0.15, 0.2) is 0 Å². The average molecular weight is 468 g/mol. The standard InChI is InChI=1S/C25H27F2N5O2/c1-16(33)31-11-7-18(8-12-31)17-2-4-20(5-3-17)29-23-22-19(6-10-28-24(22)34)14-21(30-23)32-13-9-25(26,27)15-32/h2-6,10,14,18H,7-9,11-13,15H2,1H3,(H,28,34)(H,29,30). The van der Waals surface area contributed by atoms with Crippen LogP contribution in [-0.2, 0) is 4.79 Å². The Morgan fingerprint density at radius 1 is 1.15 bits per heavy atom. The number of nitrogens with zero attached hydrogens (tertiary/aromatic N) is 3. The van der Waals surface area contributed by atoms with Gasteiger partial charge in [0, 0.05) is 44.9 Å². The first kappa shape index (κ1) is 22.3. The predicted octanol–water partition coefficient (Wildman–Crippen LogP) is 4.24. The summed E-state index contributed by atoms with van der Waals surface area (Å²) in [6, 6.07) is 11.4. The van der Waals surface area contributed by atoms with E-state index in [4.69, 9.17) is 0 Å². The van der Waals surface area contributed by atoms with Crippen molar-refractivity contribution in [3.63, 3.8) is 0 Å². The number of alkyl halides is 2. The zero-order valence-corrected chi connectivity index (χ0v) is 19.0. The molecule has 178 valence electrons. The van der Waals surface area contributed by atoms with Crippen molar-refractivity contribution in [2.75, 3.05) is 36.4 Å². The van der Waals surface area contributed by atoms with Gasteiger partial charge in [0.25, 0.3) is 11.5 Å². The summed E-state index contributed by atoms with van der Waals surface area (Å²) in [5.41, 5.74) is 1.67. The van der Waals surface area contributed by atoms with Crippen molar-refractivity contribution < 1.29 is 13.6 Å². The van der Waals surface area contributed by atoms with Crippen LogP contribution in [-0.4, -0.2) is 52.9 Å². The number of pyridine rings is 2. The summed E-state index contributed by atoms with van der Waals surface area (Å²) in [4.78, 5) is 34.8. The van der Waals surface area contributed by atoms with Crippen molar-refractivity contribution in [1.29, 1.82) is 0 Å². The number of halogens is 2. The Hall–Kier alpha value is -3.49. The minimum atomic E-state index is -2.74. The van der Waals surface area contributed by atoms with Gasteiger partial charge in [-0.2, -0.15) is 0 Å². The summed E-state index contributed by atoms with van der Waals surface area (Å²) in [5, 5.41) is 4.25. The maximum absolute atomic E-state index is 13.8. The van der Waals surface area contributed by atoms with Gasteiger partial charge in [-0.25, -0.2) is 13.8 Å². The number of piperidine rings is 1. The molecule has 0 radical (unpaired) electrons. The minimum Gasteiger partial charge on any atom is -0.350 e. The predicted molar refractivity (Wildman–Crippen MR) is 128 cm³/mol. The first-order chi connectivity index (χ1) is 16.3. The van der Waals surface area contributed by atoms with E-state index in [0.29, 0.717) is 28.3 Å². The number of benzene rings is 1. The lowest BCUT2D eigenvalue weighted by molar-refractivity contribution is -0.129. The SMILES string of the molecule is CC(=O)N1CCC(c2ccc(Nc3nc(N4CCC(F)(F)C4)cc4cc[nH]c(=O)c34)cc2)CC1. The molecule has 2 N–H and O–H groups in total. The third kappa shape index (κ3) is 4.47. The van der Waals surface area contributed by atoms with Crippen LogP contribution in [0.2, 0.25) is 0 Å². The molecule has 0 saturated carbocycles. The molecule has 2 aliphatic heterocycles. The molecule has 1 aromatic carbocycles. The molecule has 5 rings (SSSR count). The molecule has 2 aromatic heterocycles. The van der Waals surface area contributed by atoms with Crippen LogP contribution in [0.4, 0.5) is 26.1 Å². The Labute approximate surface area is 195 Å². The number of hydrogen-bond acceptors (Lipinski definition) is 5. The Morgan fingerprint density at radius 2 is 1.88 bits per heavy atom. The highest BCUT2D eigenvalue weighted by Gasteiger charge is 2.39.